The molecule has 0 unspecified atom stereocenters. The Labute approximate surface area is 149 Å². The Bertz CT molecular complexity index is 1070. The number of hydrogen-bond donors (Lipinski definition) is 0. The van der Waals surface area contributed by atoms with Crippen molar-refractivity contribution in [2.45, 2.75) is 20.3 Å². The lowest BCUT2D eigenvalue weighted by atomic mass is 10.1. The Kier molecular flexibility index (Phi) is 3.89. The van der Waals surface area contributed by atoms with E-state index < -0.39 is 0 Å². The Morgan fingerprint density at radius 2 is 1.92 bits per heavy atom. The second-order valence-electron chi connectivity index (χ2n) is 6.00. The van der Waals surface area contributed by atoms with Gasteiger partial charge in [-0.3, -0.25) is 4.79 Å². The second kappa shape index (κ2) is 6.22. The first-order chi connectivity index (χ1) is 12.1. The highest BCUT2D eigenvalue weighted by atomic mass is 32.1. The molecule has 3 aromatic heterocycles. The zero-order valence-electron chi connectivity index (χ0n) is 13.9. The van der Waals surface area contributed by atoms with Gasteiger partial charge in [0.15, 0.2) is 5.78 Å². The number of pyridine rings is 1. The number of benzene rings is 1. The summed E-state index contributed by atoms with van der Waals surface area (Å²) in [6.07, 6.45) is 2.29. The third kappa shape index (κ3) is 2.85. The molecule has 0 bridgehead atoms. The molecule has 25 heavy (non-hydrogen) atoms. The summed E-state index contributed by atoms with van der Waals surface area (Å²) < 4.78 is 5.89. The van der Waals surface area contributed by atoms with Gasteiger partial charge in [0.2, 0.25) is 0 Å². The van der Waals surface area contributed by atoms with Crippen molar-refractivity contribution in [3.8, 4) is 11.3 Å². The van der Waals surface area contributed by atoms with Gasteiger partial charge in [-0.1, -0.05) is 40.9 Å². The van der Waals surface area contributed by atoms with Crippen LogP contribution in [-0.2, 0) is 6.42 Å². The summed E-state index contributed by atoms with van der Waals surface area (Å²) in [7, 11) is 0. The summed E-state index contributed by atoms with van der Waals surface area (Å²) in [6, 6.07) is 14.0. The molecule has 124 valence electrons. The van der Waals surface area contributed by atoms with Crippen LogP contribution in [-0.4, -0.2) is 24.8 Å². The number of carbonyl (C=O) groups is 1. The van der Waals surface area contributed by atoms with Crippen LogP contribution < -0.4 is 0 Å². The van der Waals surface area contributed by atoms with E-state index in [1.807, 2.05) is 66.9 Å². The molecule has 5 nitrogen and oxygen atoms in total. The average Bonchev–Trinajstić information content (AvgIpc) is 3.20. The molecule has 0 radical (unpaired) electrons. The molecule has 0 aliphatic carbocycles. The standard InChI is InChI=1S/C19H16N4OS/c1-12-8-9-17-20-18(14-6-4-3-5-7-14)15(23(17)11-12)10-16(24)19-13(2)21-22-25-19/h3-9,11H,10H2,1-2H3. The molecular formula is C19H16N4OS. The number of nitrogens with zero attached hydrogens (tertiary/aromatic N) is 4. The van der Waals surface area contributed by atoms with Gasteiger partial charge in [-0.2, -0.15) is 0 Å². The number of fused-ring (bicyclic) bond motifs is 1. The van der Waals surface area contributed by atoms with Crippen LogP contribution in [0.3, 0.4) is 0 Å². The van der Waals surface area contributed by atoms with Gasteiger partial charge < -0.3 is 4.40 Å². The Morgan fingerprint density at radius 1 is 1.12 bits per heavy atom. The van der Waals surface area contributed by atoms with Crippen LogP contribution in [0.5, 0.6) is 0 Å². The number of rotatable bonds is 4. The van der Waals surface area contributed by atoms with Crippen molar-refractivity contribution in [2.75, 3.05) is 0 Å². The zero-order chi connectivity index (χ0) is 17.4. The number of hydrogen-bond acceptors (Lipinski definition) is 5. The molecule has 6 heteroatoms. The van der Waals surface area contributed by atoms with Crippen LogP contribution in [0.2, 0.25) is 0 Å². The monoisotopic (exact) mass is 348 g/mol. The van der Waals surface area contributed by atoms with E-state index in [4.69, 9.17) is 4.98 Å². The summed E-state index contributed by atoms with van der Waals surface area (Å²) in [5.74, 6) is 0.0213. The van der Waals surface area contributed by atoms with Crippen LogP contribution >= 0.6 is 11.5 Å². The minimum Gasteiger partial charge on any atom is -0.303 e. The zero-order valence-corrected chi connectivity index (χ0v) is 14.7. The fraction of sp³-hybridized carbons (Fsp3) is 0.158. The maximum atomic E-state index is 12.8. The van der Waals surface area contributed by atoms with Gasteiger partial charge in [-0.15, -0.1) is 5.10 Å². The van der Waals surface area contributed by atoms with E-state index in [0.717, 1.165) is 39.7 Å². The normalized spacial score (nSPS) is 11.1. The van der Waals surface area contributed by atoms with Crippen molar-refractivity contribution in [1.82, 2.24) is 19.0 Å². The minimum atomic E-state index is 0.0213. The molecule has 0 amide bonds. The van der Waals surface area contributed by atoms with Gasteiger partial charge in [-0.25, -0.2) is 4.98 Å². The molecule has 3 heterocycles. The summed E-state index contributed by atoms with van der Waals surface area (Å²) in [5, 5.41) is 3.95. The number of aryl methyl sites for hydroxylation is 2. The molecule has 0 N–H and O–H groups in total. The van der Waals surface area contributed by atoms with Gasteiger partial charge in [0.1, 0.15) is 10.5 Å². The summed E-state index contributed by atoms with van der Waals surface area (Å²) in [6.45, 7) is 3.85. The number of imidazole rings is 1. The largest absolute Gasteiger partial charge is 0.303 e. The Morgan fingerprint density at radius 3 is 2.64 bits per heavy atom. The predicted molar refractivity (Wildman–Crippen MR) is 98.0 cm³/mol. The molecule has 0 atom stereocenters. The van der Waals surface area contributed by atoms with E-state index in [2.05, 4.69) is 9.59 Å². The van der Waals surface area contributed by atoms with Gasteiger partial charge in [0, 0.05) is 11.8 Å². The van der Waals surface area contributed by atoms with Crippen molar-refractivity contribution in [3.05, 3.63) is 70.5 Å². The fourth-order valence-corrected chi connectivity index (χ4v) is 3.51. The second-order valence-corrected chi connectivity index (χ2v) is 6.75. The lowest BCUT2D eigenvalue weighted by Crippen LogP contribution is -2.07. The fourth-order valence-electron chi connectivity index (χ4n) is 2.91. The summed E-state index contributed by atoms with van der Waals surface area (Å²) in [4.78, 5) is 18.2. The lowest BCUT2D eigenvalue weighted by Gasteiger charge is -2.05. The SMILES string of the molecule is Cc1ccc2nc(-c3ccccc3)c(CC(=O)c3snnc3C)n2c1. The Hall–Kier alpha value is -2.86. The summed E-state index contributed by atoms with van der Waals surface area (Å²) in [5.41, 5.74) is 5.38. The number of aromatic nitrogens is 4. The quantitative estimate of drug-likeness (QED) is 0.525. The predicted octanol–water partition coefficient (Wildman–Crippen LogP) is 3.90. The van der Waals surface area contributed by atoms with Crippen molar-refractivity contribution in [1.29, 1.82) is 0 Å². The van der Waals surface area contributed by atoms with Gasteiger partial charge >= 0.3 is 0 Å². The number of ketones is 1. The lowest BCUT2D eigenvalue weighted by molar-refractivity contribution is 0.0995. The first-order valence-corrected chi connectivity index (χ1v) is 8.76. The third-order valence-corrected chi connectivity index (χ3v) is 5.01. The van der Waals surface area contributed by atoms with Gasteiger partial charge in [0.05, 0.1) is 23.5 Å². The van der Waals surface area contributed by atoms with Crippen LogP contribution in [0.1, 0.15) is 26.6 Å². The molecule has 0 saturated heterocycles. The van der Waals surface area contributed by atoms with E-state index in [-0.39, 0.29) is 12.2 Å². The first-order valence-electron chi connectivity index (χ1n) is 7.98. The van der Waals surface area contributed by atoms with E-state index in [0.29, 0.717) is 10.6 Å². The molecule has 4 rings (SSSR count). The van der Waals surface area contributed by atoms with Crippen LogP contribution in [0.15, 0.2) is 48.7 Å². The number of carbonyl (C=O) groups excluding carboxylic acids is 1. The van der Waals surface area contributed by atoms with Crippen LogP contribution in [0.25, 0.3) is 16.9 Å². The summed E-state index contributed by atoms with van der Waals surface area (Å²) >= 11 is 1.15. The molecule has 0 aliphatic heterocycles. The van der Waals surface area contributed by atoms with E-state index in [9.17, 15) is 4.79 Å². The molecule has 0 saturated carbocycles. The molecule has 4 aromatic rings. The van der Waals surface area contributed by atoms with Crippen molar-refractivity contribution >= 4 is 23.0 Å². The highest BCUT2D eigenvalue weighted by Crippen LogP contribution is 2.26. The Balaban J connectivity index is 1.87. The molecule has 0 fully saturated rings. The molecular weight excluding hydrogens is 332 g/mol. The van der Waals surface area contributed by atoms with Crippen molar-refractivity contribution in [3.63, 3.8) is 0 Å². The highest BCUT2D eigenvalue weighted by Gasteiger charge is 2.20. The maximum absolute atomic E-state index is 12.8. The number of Topliss-reactive ketones (excluding diaryl/α,β-unsaturated/α-hetero) is 1. The van der Waals surface area contributed by atoms with E-state index in [1.54, 1.807) is 0 Å². The molecule has 0 aliphatic rings. The molecule has 0 spiro atoms. The molecule has 1 aromatic carbocycles. The van der Waals surface area contributed by atoms with Crippen molar-refractivity contribution < 1.29 is 4.79 Å². The van der Waals surface area contributed by atoms with Crippen LogP contribution in [0.4, 0.5) is 0 Å². The van der Waals surface area contributed by atoms with Crippen LogP contribution in [0, 0.1) is 13.8 Å². The average molecular weight is 348 g/mol. The van der Waals surface area contributed by atoms with Gasteiger partial charge in [-0.05, 0) is 37.0 Å². The topological polar surface area (TPSA) is 60.2 Å². The smallest absolute Gasteiger partial charge is 0.182 e. The highest BCUT2D eigenvalue weighted by molar-refractivity contribution is 7.08. The first kappa shape index (κ1) is 15.7. The van der Waals surface area contributed by atoms with E-state index >= 15 is 0 Å². The van der Waals surface area contributed by atoms with Gasteiger partial charge in [0.25, 0.3) is 0 Å². The maximum Gasteiger partial charge on any atom is 0.182 e. The van der Waals surface area contributed by atoms with Crippen molar-refractivity contribution in [2.24, 2.45) is 0 Å². The third-order valence-electron chi connectivity index (χ3n) is 4.15. The minimum absolute atomic E-state index is 0.0213. The van der Waals surface area contributed by atoms with E-state index in [1.165, 1.54) is 0 Å².